The van der Waals surface area contributed by atoms with Crippen molar-refractivity contribution < 1.29 is 29.6 Å². The molecule has 0 saturated carbocycles. The second-order valence-corrected chi connectivity index (χ2v) is 6.40. The first-order valence-electron chi connectivity index (χ1n) is 8.67. The number of anilines is 1. The molecule has 1 fully saturated rings. The van der Waals surface area contributed by atoms with E-state index in [0.29, 0.717) is 0 Å². The van der Waals surface area contributed by atoms with Gasteiger partial charge in [0.1, 0.15) is 18.8 Å². The first-order valence-corrected chi connectivity index (χ1v) is 8.67. The smallest absolute Gasteiger partial charge is 0.247 e. The van der Waals surface area contributed by atoms with Crippen LogP contribution in [0.5, 0.6) is 5.88 Å². The molecular weight excluding hydrogens is 384 g/mol. The molecule has 1 unspecified atom stereocenters. The summed E-state index contributed by atoms with van der Waals surface area (Å²) in [5, 5.41) is 32.1. The highest BCUT2D eigenvalue weighted by Crippen LogP contribution is 2.32. The normalized spacial score (nSPS) is 24.0. The maximum atomic E-state index is 11.5. The highest BCUT2D eigenvalue weighted by atomic mass is 16.7. The Morgan fingerprint density at radius 2 is 2.00 bits per heavy atom. The average Bonchev–Trinajstić information content (AvgIpc) is 3.23. The molecule has 29 heavy (non-hydrogen) atoms. The van der Waals surface area contributed by atoms with Crippen molar-refractivity contribution in [1.29, 1.82) is 0 Å². The van der Waals surface area contributed by atoms with Crippen LogP contribution in [0.25, 0.3) is 11.2 Å². The lowest BCUT2D eigenvalue weighted by Crippen LogP contribution is -2.31. The molecule has 3 aromatic heterocycles. The van der Waals surface area contributed by atoms with Crippen LogP contribution in [0.1, 0.15) is 18.7 Å². The maximum Gasteiger partial charge on any atom is 0.247 e. The van der Waals surface area contributed by atoms with Crippen LogP contribution in [-0.4, -0.2) is 64.2 Å². The van der Waals surface area contributed by atoms with Crippen LogP contribution >= 0.6 is 0 Å². The number of fused-ring (bicyclic) bond motifs is 1. The minimum Gasteiger partial charge on any atom is -0.471 e. The summed E-state index contributed by atoms with van der Waals surface area (Å²) in [7, 11) is 0. The molecule has 152 valence electrons. The van der Waals surface area contributed by atoms with Crippen molar-refractivity contribution in [2.24, 2.45) is 0 Å². The van der Waals surface area contributed by atoms with Crippen molar-refractivity contribution in [2.45, 2.75) is 38.3 Å². The number of ether oxygens (including phenoxy) is 2. The zero-order chi connectivity index (χ0) is 20.5. The number of aliphatic hydroxyl groups excluding tert-OH is 3. The number of aliphatic hydroxyl groups is 3. The van der Waals surface area contributed by atoms with Gasteiger partial charge in [0.15, 0.2) is 23.7 Å². The Bertz CT molecular complexity index is 1030. The molecule has 3 aromatic rings. The molecule has 12 heteroatoms. The molecule has 4 heterocycles. The third-order valence-electron chi connectivity index (χ3n) is 4.29. The first kappa shape index (κ1) is 19.1. The van der Waals surface area contributed by atoms with E-state index in [2.05, 4.69) is 25.3 Å². The van der Waals surface area contributed by atoms with Gasteiger partial charge in [-0.25, -0.2) is 4.98 Å². The number of nitrogens with one attached hydrogen (secondary N) is 1. The Morgan fingerprint density at radius 1 is 1.24 bits per heavy atom. The summed E-state index contributed by atoms with van der Waals surface area (Å²) in [5.41, 5.74) is 1.27. The number of carbonyl (C=O) groups is 1. The molecule has 0 spiro atoms. The van der Waals surface area contributed by atoms with Crippen LogP contribution in [0.3, 0.4) is 0 Å². The van der Waals surface area contributed by atoms with Crippen LogP contribution in [0.2, 0.25) is 0 Å². The van der Waals surface area contributed by atoms with E-state index in [1.54, 1.807) is 24.5 Å². The van der Waals surface area contributed by atoms with Gasteiger partial charge in [0, 0.05) is 19.3 Å². The second kappa shape index (κ2) is 7.67. The molecule has 12 nitrogen and oxygen atoms in total. The lowest BCUT2D eigenvalue weighted by atomic mass is 10.2. The summed E-state index contributed by atoms with van der Waals surface area (Å²) in [6.07, 6.45) is -1.04. The van der Waals surface area contributed by atoms with Crippen LogP contribution in [0, 0.1) is 0 Å². The third-order valence-corrected chi connectivity index (χ3v) is 4.29. The van der Waals surface area contributed by atoms with Gasteiger partial charge in [-0.1, -0.05) is 0 Å². The summed E-state index contributed by atoms with van der Waals surface area (Å²) in [4.78, 5) is 28.0. The minimum absolute atomic E-state index is 0.0370. The predicted molar refractivity (Wildman–Crippen MR) is 96.3 cm³/mol. The Labute approximate surface area is 163 Å². The molecule has 4 N–H and O–H groups in total. The van der Waals surface area contributed by atoms with Crippen LogP contribution in [0.15, 0.2) is 30.9 Å². The van der Waals surface area contributed by atoms with Crippen LogP contribution in [-0.2, 0) is 16.1 Å². The number of imidazole rings is 1. The highest BCUT2D eigenvalue weighted by molar-refractivity contribution is 5.88. The van der Waals surface area contributed by atoms with Gasteiger partial charge in [0.2, 0.25) is 17.7 Å². The lowest BCUT2D eigenvalue weighted by molar-refractivity contribution is -0.141. The molecule has 0 aliphatic carbocycles. The van der Waals surface area contributed by atoms with E-state index < -0.39 is 30.6 Å². The fraction of sp³-hybridized carbons (Fsp3) is 0.353. The maximum absolute atomic E-state index is 11.5. The summed E-state index contributed by atoms with van der Waals surface area (Å²) in [5.74, 6) is -0.327. The summed E-state index contributed by atoms with van der Waals surface area (Å²) in [6.45, 7) is 1.47. The van der Waals surface area contributed by atoms with Gasteiger partial charge in [-0.2, -0.15) is 9.97 Å². The molecule has 4 atom stereocenters. The number of amides is 1. The number of nitrogens with zero attached hydrogens (tertiary/aromatic N) is 5. The topological polar surface area (TPSA) is 165 Å². The Kier molecular flexibility index (Phi) is 5.07. The van der Waals surface area contributed by atoms with Crippen LogP contribution < -0.4 is 10.1 Å². The number of pyridine rings is 1. The predicted octanol–water partition coefficient (Wildman–Crippen LogP) is -0.672. The van der Waals surface area contributed by atoms with E-state index in [4.69, 9.17) is 9.47 Å². The highest BCUT2D eigenvalue weighted by Gasteiger charge is 2.43. The fourth-order valence-electron chi connectivity index (χ4n) is 2.89. The molecule has 1 aliphatic heterocycles. The largest absolute Gasteiger partial charge is 0.471 e. The molecule has 0 bridgehead atoms. The zero-order valence-electron chi connectivity index (χ0n) is 15.2. The average molecular weight is 402 g/mol. The summed E-state index contributed by atoms with van der Waals surface area (Å²) >= 11 is 0. The quantitative estimate of drug-likeness (QED) is 0.430. The van der Waals surface area contributed by atoms with Gasteiger partial charge in [0.05, 0.1) is 6.33 Å². The molecule has 0 radical (unpaired) electrons. The van der Waals surface area contributed by atoms with E-state index >= 15 is 0 Å². The Balaban J connectivity index is 1.73. The molecular formula is C17H18N6O6. The third kappa shape index (κ3) is 3.73. The molecule has 1 saturated heterocycles. The Morgan fingerprint density at radius 3 is 2.66 bits per heavy atom. The van der Waals surface area contributed by atoms with Gasteiger partial charge < -0.3 is 24.8 Å². The van der Waals surface area contributed by atoms with Crippen molar-refractivity contribution in [1.82, 2.24) is 24.5 Å². The molecule has 1 amide bonds. The SMILES string of the molecule is CC(=O)Nc1nc(OCc2ccncc2)c2ncn(C3O[C@H](O)[C@@H](O)[C@H]3O)c2n1. The van der Waals surface area contributed by atoms with Gasteiger partial charge in [-0.3, -0.25) is 19.7 Å². The van der Waals surface area contributed by atoms with E-state index in [1.807, 2.05) is 0 Å². The number of carbonyl (C=O) groups excluding carboxylic acids is 1. The molecule has 0 aromatic carbocycles. The zero-order valence-corrected chi connectivity index (χ0v) is 15.2. The van der Waals surface area contributed by atoms with E-state index in [1.165, 1.54) is 17.8 Å². The number of rotatable bonds is 5. The van der Waals surface area contributed by atoms with Gasteiger partial charge in [-0.15, -0.1) is 0 Å². The van der Waals surface area contributed by atoms with Crippen molar-refractivity contribution in [3.63, 3.8) is 0 Å². The summed E-state index contributed by atoms with van der Waals surface area (Å²) in [6, 6.07) is 3.55. The van der Waals surface area contributed by atoms with Crippen molar-refractivity contribution in [3.8, 4) is 5.88 Å². The first-order chi connectivity index (χ1) is 13.9. The minimum atomic E-state index is -1.56. The van der Waals surface area contributed by atoms with Crippen LogP contribution in [0.4, 0.5) is 5.95 Å². The monoisotopic (exact) mass is 402 g/mol. The van der Waals surface area contributed by atoms with E-state index in [9.17, 15) is 20.1 Å². The standard InChI is InChI=1S/C17H18N6O6/c1-8(24)20-17-21-13-10(14(22-17)28-6-9-2-4-18-5-3-9)19-7-23(13)15-11(25)12(26)16(27)29-15/h2-5,7,11-12,15-16,25-27H,6H2,1H3,(H,20,21,22,24)/t11-,12+,15?,16+/m1/s1. The number of aromatic nitrogens is 5. The lowest BCUT2D eigenvalue weighted by Gasteiger charge is -2.16. The fourth-order valence-corrected chi connectivity index (χ4v) is 2.89. The number of hydrogen-bond donors (Lipinski definition) is 4. The summed E-state index contributed by atoms with van der Waals surface area (Å²) < 4.78 is 12.3. The van der Waals surface area contributed by atoms with Crippen molar-refractivity contribution in [3.05, 3.63) is 36.4 Å². The van der Waals surface area contributed by atoms with Crippen molar-refractivity contribution in [2.75, 3.05) is 5.32 Å². The van der Waals surface area contributed by atoms with Gasteiger partial charge >= 0.3 is 0 Å². The van der Waals surface area contributed by atoms with Gasteiger partial charge in [0.25, 0.3) is 0 Å². The molecule has 4 rings (SSSR count). The molecule has 1 aliphatic rings. The number of hydrogen-bond acceptors (Lipinski definition) is 10. The Hall–Kier alpha value is -3.19. The van der Waals surface area contributed by atoms with Crippen molar-refractivity contribution >= 4 is 23.0 Å². The second-order valence-electron chi connectivity index (χ2n) is 6.40. The van der Waals surface area contributed by atoms with Gasteiger partial charge in [-0.05, 0) is 17.7 Å². The van der Waals surface area contributed by atoms with E-state index in [0.717, 1.165) is 5.56 Å². The van der Waals surface area contributed by atoms with E-state index in [-0.39, 0.29) is 29.6 Å².